The molecular formula is C17H20N2O3S. The van der Waals surface area contributed by atoms with Gasteiger partial charge in [-0.25, -0.2) is 4.98 Å². The normalized spacial score (nSPS) is 24.3. The summed E-state index contributed by atoms with van der Waals surface area (Å²) in [6.07, 6.45) is 1.06. The predicted molar refractivity (Wildman–Crippen MR) is 88.5 cm³/mol. The molecule has 1 saturated carbocycles. The maximum atomic E-state index is 12.3. The highest BCUT2D eigenvalue weighted by molar-refractivity contribution is 7.09. The van der Waals surface area contributed by atoms with Crippen LogP contribution in [0, 0.1) is 0 Å². The molecule has 3 rings (SSSR count). The summed E-state index contributed by atoms with van der Waals surface area (Å²) < 4.78 is 0. The summed E-state index contributed by atoms with van der Waals surface area (Å²) in [4.78, 5) is 16.6. The van der Waals surface area contributed by atoms with Gasteiger partial charge in [0.25, 0.3) is 5.91 Å². The van der Waals surface area contributed by atoms with Crippen molar-refractivity contribution in [2.24, 2.45) is 0 Å². The molecule has 0 spiro atoms. The zero-order valence-corrected chi connectivity index (χ0v) is 13.5. The van der Waals surface area contributed by atoms with Gasteiger partial charge in [0.1, 0.15) is 5.69 Å². The number of benzene rings is 1. The zero-order chi connectivity index (χ0) is 16.2. The van der Waals surface area contributed by atoms with Gasteiger partial charge in [-0.2, -0.15) is 0 Å². The van der Waals surface area contributed by atoms with Crippen LogP contribution < -0.4 is 5.32 Å². The molecule has 6 heteroatoms. The molecule has 1 aliphatic rings. The third-order valence-electron chi connectivity index (χ3n) is 4.12. The molecule has 1 aromatic heterocycles. The number of aliphatic hydroxyl groups excluding tert-OH is 2. The van der Waals surface area contributed by atoms with E-state index in [0.717, 1.165) is 17.0 Å². The lowest BCUT2D eigenvalue weighted by molar-refractivity contribution is -0.0278. The Morgan fingerprint density at radius 3 is 2.83 bits per heavy atom. The molecule has 1 fully saturated rings. The van der Waals surface area contributed by atoms with Crippen molar-refractivity contribution in [1.29, 1.82) is 0 Å². The first-order valence-corrected chi connectivity index (χ1v) is 8.67. The van der Waals surface area contributed by atoms with Gasteiger partial charge >= 0.3 is 0 Å². The van der Waals surface area contributed by atoms with Gasteiger partial charge in [0.15, 0.2) is 0 Å². The number of amides is 1. The number of nitrogens with zero attached hydrogens (tertiary/aromatic N) is 1. The van der Waals surface area contributed by atoms with Crippen LogP contribution in [0.25, 0.3) is 0 Å². The van der Waals surface area contributed by atoms with Gasteiger partial charge in [0.2, 0.25) is 0 Å². The fourth-order valence-electron chi connectivity index (χ4n) is 2.82. The van der Waals surface area contributed by atoms with Gasteiger partial charge < -0.3 is 15.5 Å². The highest BCUT2D eigenvalue weighted by Crippen LogP contribution is 2.20. The largest absolute Gasteiger partial charge is 0.390 e. The topological polar surface area (TPSA) is 82.5 Å². The van der Waals surface area contributed by atoms with Crippen molar-refractivity contribution in [3.63, 3.8) is 0 Å². The first-order valence-electron chi connectivity index (χ1n) is 7.79. The van der Waals surface area contributed by atoms with Crippen molar-refractivity contribution >= 4 is 17.2 Å². The Bertz CT molecular complexity index is 659. The molecule has 5 nitrogen and oxygen atoms in total. The highest BCUT2D eigenvalue weighted by atomic mass is 32.1. The Hall–Kier alpha value is -1.76. The van der Waals surface area contributed by atoms with E-state index in [1.54, 1.807) is 5.38 Å². The number of aliphatic hydroxyl groups is 2. The average Bonchev–Trinajstić information content (AvgIpc) is 3.01. The molecule has 3 N–H and O–H groups in total. The van der Waals surface area contributed by atoms with E-state index in [0.29, 0.717) is 25.0 Å². The second kappa shape index (κ2) is 7.21. The minimum atomic E-state index is -0.907. The fourth-order valence-corrected chi connectivity index (χ4v) is 3.63. The molecule has 23 heavy (non-hydrogen) atoms. The maximum Gasteiger partial charge on any atom is 0.271 e. The Labute approximate surface area is 139 Å². The number of hydrogen-bond donors (Lipinski definition) is 3. The van der Waals surface area contributed by atoms with E-state index in [4.69, 9.17) is 0 Å². The Balaban J connectivity index is 1.62. The van der Waals surface area contributed by atoms with Crippen LogP contribution in [0.1, 0.15) is 40.3 Å². The molecule has 3 atom stereocenters. The summed E-state index contributed by atoms with van der Waals surface area (Å²) >= 11 is 1.45. The van der Waals surface area contributed by atoms with Gasteiger partial charge in [0, 0.05) is 11.8 Å². The van der Waals surface area contributed by atoms with Crippen molar-refractivity contribution in [3.8, 4) is 0 Å². The molecule has 0 unspecified atom stereocenters. The summed E-state index contributed by atoms with van der Waals surface area (Å²) in [5.74, 6) is -0.293. The summed E-state index contributed by atoms with van der Waals surface area (Å²) in [6, 6.07) is 9.57. The Kier molecular flexibility index (Phi) is 5.05. The highest BCUT2D eigenvalue weighted by Gasteiger charge is 2.31. The molecule has 0 bridgehead atoms. The molecule has 2 aromatic rings. The lowest BCUT2D eigenvalue weighted by Gasteiger charge is -2.32. The Morgan fingerprint density at radius 2 is 2.04 bits per heavy atom. The van der Waals surface area contributed by atoms with Gasteiger partial charge in [-0.1, -0.05) is 30.3 Å². The minimum absolute atomic E-state index is 0.293. The van der Waals surface area contributed by atoms with Crippen molar-refractivity contribution < 1.29 is 15.0 Å². The van der Waals surface area contributed by atoms with E-state index < -0.39 is 18.2 Å². The van der Waals surface area contributed by atoms with Crippen LogP contribution in [0.2, 0.25) is 0 Å². The number of nitrogens with one attached hydrogen (secondary N) is 1. The van der Waals surface area contributed by atoms with Gasteiger partial charge in [-0.05, 0) is 24.8 Å². The SMILES string of the molecule is O=C(N[C@@H]1CCC[C@@H](O)[C@@H]1O)c1csc(Cc2ccccc2)n1. The second-order valence-electron chi connectivity index (χ2n) is 5.86. The molecule has 0 radical (unpaired) electrons. The molecule has 0 saturated heterocycles. The average molecular weight is 332 g/mol. The van der Waals surface area contributed by atoms with Crippen LogP contribution in [0.15, 0.2) is 35.7 Å². The zero-order valence-electron chi connectivity index (χ0n) is 12.7. The van der Waals surface area contributed by atoms with E-state index in [1.165, 1.54) is 11.3 Å². The quantitative estimate of drug-likeness (QED) is 0.796. The summed E-state index contributed by atoms with van der Waals surface area (Å²) in [5, 5.41) is 25.0. The number of rotatable bonds is 4. The van der Waals surface area contributed by atoms with Crippen LogP contribution in [0.3, 0.4) is 0 Å². The molecule has 1 aromatic carbocycles. The van der Waals surface area contributed by atoms with E-state index in [9.17, 15) is 15.0 Å². The number of hydrogen-bond acceptors (Lipinski definition) is 5. The lowest BCUT2D eigenvalue weighted by atomic mass is 9.90. The van der Waals surface area contributed by atoms with Crippen molar-refractivity contribution in [1.82, 2.24) is 10.3 Å². The van der Waals surface area contributed by atoms with E-state index >= 15 is 0 Å². The maximum absolute atomic E-state index is 12.3. The van der Waals surface area contributed by atoms with Crippen LogP contribution in [0.4, 0.5) is 0 Å². The summed E-state index contributed by atoms with van der Waals surface area (Å²) in [7, 11) is 0. The first-order chi connectivity index (χ1) is 11.1. The molecule has 1 aliphatic carbocycles. The molecule has 0 aliphatic heterocycles. The van der Waals surface area contributed by atoms with Crippen molar-refractivity contribution in [3.05, 3.63) is 52.0 Å². The minimum Gasteiger partial charge on any atom is -0.390 e. The third kappa shape index (κ3) is 3.96. The number of carbonyl (C=O) groups excluding carboxylic acids is 1. The first kappa shape index (κ1) is 16.1. The summed E-state index contributed by atoms with van der Waals surface area (Å²) in [5.41, 5.74) is 1.52. The van der Waals surface area contributed by atoms with Gasteiger partial charge in [-0.15, -0.1) is 11.3 Å². The van der Waals surface area contributed by atoms with E-state index in [-0.39, 0.29) is 5.91 Å². The van der Waals surface area contributed by atoms with Crippen LogP contribution in [-0.2, 0) is 6.42 Å². The van der Waals surface area contributed by atoms with Crippen molar-refractivity contribution in [2.45, 2.75) is 43.9 Å². The van der Waals surface area contributed by atoms with Crippen LogP contribution in [-0.4, -0.2) is 39.4 Å². The standard InChI is InChI=1S/C17H20N2O3S/c20-14-8-4-7-12(16(14)21)19-17(22)13-10-23-15(18-13)9-11-5-2-1-3-6-11/h1-3,5-6,10,12,14,16,20-21H,4,7-9H2,(H,19,22)/t12-,14-,16-/m1/s1. The summed E-state index contributed by atoms with van der Waals surface area (Å²) in [6.45, 7) is 0. The molecule has 122 valence electrons. The Morgan fingerprint density at radius 1 is 1.26 bits per heavy atom. The van der Waals surface area contributed by atoms with Crippen LogP contribution >= 0.6 is 11.3 Å². The van der Waals surface area contributed by atoms with Crippen molar-refractivity contribution in [2.75, 3.05) is 0 Å². The van der Waals surface area contributed by atoms with Crippen LogP contribution in [0.5, 0.6) is 0 Å². The molecule has 1 amide bonds. The fraction of sp³-hybridized carbons (Fsp3) is 0.412. The molecule has 1 heterocycles. The lowest BCUT2D eigenvalue weighted by Crippen LogP contribution is -2.51. The van der Waals surface area contributed by atoms with Gasteiger partial charge in [-0.3, -0.25) is 4.79 Å². The number of carbonyl (C=O) groups is 1. The smallest absolute Gasteiger partial charge is 0.271 e. The van der Waals surface area contributed by atoms with E-state index in [1.807, 2.05) is 30.3 Å². The van der Waals surface area contributed by atoms with E-state index in [2.05, 4.69) is 10.3 Å². The van der Waals surface area contributed by atoms with Gasteiger partial charge in [0.05, 0.1) is 23.3 Å². The second-order valence-corrected chi connectivity index (χ2v) is 6.80. The number of thiazole rings is 1. The predicted octanol–water partition coefficient (Wildman–Crippen LogP) is 1.74. The monoisotopic (exact) mass is 332 g/mol. The number of aromatic nitrogens is 1. The molecular weight excluding hydrogens is 312 g/mol. The third-order valence-corrected chi connectivity index (χ3v) is 4.97.